The lowest BCUT2D eigenvalue weighted by atomic mass is 10.1. The van der Waals surface area contributed by atoms with Gasteiger partial charge in [-0.2, -0.15) is 0 Å². The van der Waals surface area contributed by atoms with E-state index in [9.17, 15) is 9.90 Å². The lowest BCUT2D eigenvalue weighted by molar-refractivity contribution is 0.0987. The first kappa shape index (κ1) is 11.1. The van der Waals surface area contributed by atoms with Crippen LogP contribution in [0.2, 0.25) is 0 Å². The number of phenols is 1. The highest BCUT2D eigenvalue weighted by molar-refractivity contribution is 5.97. The van der Waals surface area contributed by atoms with E-state index in [1.807, 2.05) is 0 Å². The van der Waals surface area contributed by atoms with E-state index in [4.69, 9.17) is 0 Å². The quantitative estimate of drug-likeness (QED) is 0.762. The van der Waals surface area contributed by atoms with Gasteiger partial charge in [0.05, 0.1) is 6.54 Å². The number of nitrogens with one attached hydrogen (secondary N) is 1. The fraction of sp³-hybridized carbons (Fsp3) is 0.462. The fourth-order valence-electron chi connectivity index (χ4n) is 2.15. The largest absolute Gasteiger partial charge is 0.508 e. The van der Waals surface area contributed by atoms with E-state index in [1.165, 1.54) is 31.7 Å². The summed E-state index contributed by atoms with van der Waals surface area (Å²) in [5, 5.41) is 12.5. The van der Waals surface area contributed by atoms with Crippen LogP contribution >= 0.6 is 0 Å². The minimum absolute atomic E-state index is 0.0443. The van der Waals surface area contributed by atoms with Crippen LogP contribution in [0.4, 0.5) is 0 Å². The van der Waals surface area contributed by atoms with Crippen molar-refractivity contribution < 1.29 is 9.90 Å². The van der Waals surface area contributed by atoms with Crippen LogP contribution in [-0.4, -0.2) is 23.5 Å². The predicted molar refractivity (Wildman–Crippen MR) is 62.7 cm³/mol. The maximum absolute atomic E-state index is 11.8. The summed E-state index contributed by atoms with van der Waals surface area (Å²) >= 11 is 0. The van der Waals surface area contributed by atoms with Crippen molar-refractivity contribution in [3.8, 4) is 5.75 Å². The SMILES string of the molecule is O=C(CNC1CCCC1)c1cccc(O)c1. The number of hydrogen-bond acceptors (Lipinski definition) is 3. The maximum Gasteiger partial charge on any atom is 0.176 e. The molecule has 0 atom stereocenters. The standard InChI is InChI=1S/C13H17NO2/c15-12-7-3-4-10(8-12)13(16)9-14-11-5-1-2-6-11/h3-4,7-8,11,14-15H,1-2,5-6,9H2. The molecule has 0 saturated heterocycles. The van der Waals surface area contributed by atoms with Crippen LogP contribution in [0.5, 0.6) is 5.75 Å². The Morgan fingerprint density at radius 3 is 2.81 bits per heavy atom. The molecule has 1 aliphatic carbocycles. The lowest BCUT2D eigenvalue weighted by Gasteiger charge is -2.10. The predicted octanol–water partition coefficient (Wildman–Crippen LogP) is 2.11. The normalized spacial score (nSPS) is 16.5. The van der Waals surface area contributed by atoms with Gasteiger partial charge in [0.25, 0.3) is 0 Å². The highest BCUT2D eigenvalue weighted by Gasteiger charge is 2.15. The van der Waals surface area contributed by atoms with Crippen molar-refractivity contribution in [1.82, 2.24) is 5.32 Å². The molecule has 0 bridgehead atoms. The molecule has 0 unspecified atom stereocenters. The van der Waals surface area contributed by atoms with E-state index in [2.05, 4.69) is 5.32 Å². The van der Waals surface area contributed by atoms with Crippen LogP contribution in [0, 0.1) is 0 Å². The van der Waals surface area contributed by atoms with Crippen molar-refractivity contribution in [2.24, 2.45) is 0 Å². The van der Waals surface area contributed by atoms with Gasteiger partial charge in [0.15, 0.2) is 5.78 Å². The summed E-state index contributed by atoms with van der Waals surface area (Å²) in [6, 6.07) is 7.01. The molecule has 1 aromatic rings. The minimum Gasteiger partial charge on any atom is -0.508 e. The monoisotopic (exact) mass is 219 g/mol. The number of carbonyl (C=O) groups is 1. The second kappa shape index (κ2) is 5.12. The summed E-state index contributed by atoms with van der Waals surface area (Å²) in [4.78, 5) is 11.8. The molecule has 3 nitrogen and oxygen atoms in total. The summed E-state index contributed by atoms with van der Waals surface area (Å²) < 4.78 is 0. The topological polar surface area (TPSA) is 49.3 Å². The van der Waals surface area contributed by atoms with Crippen LogP contribution in [0.15, 0.2) is 24.3 Å². The number of aromatic hydroxyl groups is 1. The van der Waals surface area contributed by atoms with Gasteiger partial charge in [-0.25, -0.2) is 0 Å². The number of Topliss-reactive ketones (excluding diaryl/α,β-unsaturated/α-hetero) is 1. The van der Waals surface area contributed by atoms with E-state index in [1.54, 1.807) is 18.2 Å². The summed E-state index contributed by atoms with van der Waals surface area (Å²) in [5.74, 6) is 0.189. The number of carbonyl (C=O) groups excluding carboxylic acids is 1. The number of ketones is 1. The van der Waals surface area contributed by atoms with Crippen LogP contribution in [0.1, 0.15) is 36.0 Å². The van der Waals surface area contributed by atoms with Crippen molar-refractivity contribution in [3.63, 3.8) is 0 Å². The zero-order valence-electron chi connectivity index (χ0n) is 9.28. The Kier molecular flexibility index (Phi) is 3.57. The fourth-order valence-corrected chi connectivity index (χ4v) is 2.15. The number of phenolic OH excluding ortho intramolecular Hbond substituents is 1. The van der Waals surface area contributed by atoms with Crippen molar-refractivity contribution >= 4 is 5.78 Å². The summed E-state index contributed by atoms with van der Waals surface area (Å²) in [6.07, 6.45) is 4.87. The van der Waals surface area contributed by atoms with Crippen molar-refractivity contribution in [1.29, 1.82) is 0 Å². The van der Waals surface area contributed by atoms with E-state index in [0.29, 0.717) is 18.2 Å². The molecule has 0 aromatic heterocycles. The molecule has 1 aliphatic rings. The zero-order chi connectivity index (χ0) is 11.4. The third-order valence-electron chi connectivity index (χ3n) is 3.07. The molecule has 0 amide bonds. The number of rotatable bonds is 4. The number of benzene rings is 1. The van der Waals surface area contributed by atoms with Crippen LogP contribution in [0.3, 0.4) is 0 Å². The molecule has 2 N–H and O–H groups in total. The second-order valence-corrected chi connectivity index (χ2v) is 4.34. The van der Waals surface area contributed by atoms with Crippen LogP contribution in [0.25, 0.3) is 0 Å². The second-order valence-electron chi connectivity index (χ2n) is 4.34. The van der Waals surface area contributed by atoms with Gasteiger partial charge in [0.2, 0.25) is 0 Å². The molecule has 3 heteroatoms. The van der Waals surface area contributed by atoms with E-state index in [-0.39, 0.29) is 11.5 Å². The molecule has 1 saturated carbocycles. The van der Waals surface area contributed by atoms with Gasteiger partial charge < -0.3 is 10.4 Å². The molecule has 1 fully saturated rings. The average Bonchev–Trinajstić information content (AvgIpc) is 2.78. The first-order chi connectivity index (χ1) is 7.75. The Hall–Kier alpha value is -1.35. The molecule has 16 heavy (non-hydrogen) atoms. The Balaban J connectivity index is 1.87. The van der Waals surface area contributed by atoms with E-state index < -0.39 is 0 Å². The Bertz CT molecular complexity index is 370. The van der Waals surface area contributed by atoms with E-state index >= 15 is 0 Å². The molecule has 86 valence electrons. The van der Waals surface area contributed by atoms with Crippen LogP contribution in [-0.2, 0) is 0 Å². The third kappa shape index (κ3) is 2.83. The molecule has 0 spiro atoms. The van der Waals surface area contributed by atoms with Crippen molar-refractivity contribution in [3.05, 3.63) is 29.8 Å². The molecule has 0 heterocycles. The smallest absolute Gasteiger partial charge is 0.176 e. The van der Waals surface area contributed by atoms with Crippen LogP contribution < -0.4 is 5.32 Å². The maximum atomic E-state index is 11.8. The van der Waals surface area contributed by atoms with Crippen molar-refractivity contribution in [2.45, 2.75) is 31.7 Å². The van der Waals surface area contributed by atoms with Gasteiger partial charge in [-0.1, -0.05) is 25.0 Å². The highest BCUT2D eigenvalue weighted by atomic mass is 16.3. The average molecular weight is 219 g/mol. The Morgan fingerprint density at radius 2 is 2.12 bits per heavy atom. The Morgan fingerprint density at radius 1 is 1.38 bits per heavy atom. The lowest BCUT2D eigenvalue weighted by Crippen LogP contribution is -2.31. The van der Waals surface area contributed by atoms with Gasteiger partial charge in [0.1, 0.15) is 5.75 Å². The first-order valence-corrected chi connectivity index (χ1v) is 5.81. The van der Waals surface area contributed by atoms with Gasteiger partial charge >= 0.3 is 0 Å². The van der Waals surface area contributed by atoms with Gasteiger partial charge in [-0.05, 0) is 25.0 Å². The summed E-state index contributed by atoms with van der Waals surface area (Å²) in [7, 11) is 0. The Labute approximate surface area is 95.5 Å². The number of hydrogen-bond donors (Lipinski definition) is 2. The summed E-state index contributed by atoms with van der Waals surface area (Å²) in [5.41, 5.74) is 0.575. The summed E-state index contributed by atoms with van der Waals surface area (Å²) in [6.45, 7) is 0.369. The zero-order valence-corrected chi connectivity index (χ0v) is 9.28. The third-order valence-corrected chi connectivity index (χ3v) is 3.07. The van der Waals surface area contributed by atoms with E-state index in [0.717, 1.165) is 0 Å². The molecule has 0 radical (unpaired) electrons. The molecular weight excluding hydrogens is 202 g/mol. The first-order valence-electron chi connectivity index (χ1n) is 5.81. The minimum atomic E-state index is 0.0443. The molecule has 0 aliphatic heterocycles. The van der Waals surface area contributed by atoms with Gasteiger partial charge in [0, 0.05) is 11.6 Å². The molecule has 1 aromatic carbocycles. The molecular formula is C13H17NO2. The van der Waals surface area contributed by atoms with Gasteiger partial charge in [-0.3, -0.25) is 4.79 Å². The van der Waals surface area contributed by atoms with Gasteiger partial charge in [-0.15, -0.1) is 0 Å². The van der Waals surface area contributed by atoms with Crippen molar-refractivity contribution in [2.75, 3.05) is 6.54 Å². The highest BCUT2D eigenvalue weighted by Crippen LogP contribution is 2.17. The molecule has 2 rings (SSSR count).